The lowest BCUT2D eigenvalue weighted by molar-refractivity contribution is 0.262. The Balaban J connectivity index is 0.00000243. The first-order valence-corrected chi connectivity index (χ1v) is 8.66. The minimum absolute atomic E-state index is 0. The summed E-state index contributed by atoms with van der Waals surface area (Å²) in [4.78, 5) is 4.42. The molecule has 0 radical (unpaired) electrons. The Kier molecular flexibility index (Phi) is 7.84. The van der Waals surface area contributed by atoms with E-state index >= 15 is 0 Å². The average molecular weight is 488 g/mol. The summed E-state index contributed by atoms with van der Waals surface area (Å²) in [6, 6.07) is 13.8. The molecule has 26 heavy (non-hydrogen) atoms. The van der Waals surface area contributed by atoms with Crippen LogP contribution in [0.15, 0.2) is 47.5 Å². The third-order valence-corrected chi connectivity index (χ3v) is 4.56. The lowest BCUT2D eigenvalue weighted by atomic mass is 10.0. The van der Waals surface area contributed by atoms with Crippen molar-refractivity contribution in [3.05, 3.63) is 58.6 Å². The van der Waals surface area contributed by atoms with Gasteiger partial charge in [0.2, 0.25) is 0 Å². The maximum atomic E-state index is 6.25. The van der Waals surface area contributed by atoms with Crippen molar-refractivity contribution < 1.29 is 9.47 Å². The Labute approximate surface area is 175 Å². The van der Waals surface area contributed by atoms with E-state index in [1.165, 1.54) is 0 Å². The second kappa shape index (κ2) is 9.87. The van der Waals surface area contributed by atoms with Gasteiger partial charge in [-0.15, -0.1) is 24.0 Å². The minimum Gasteiger partial charge on any atom is -0.497 e. The number of nitrogens with one attached hydrogen (secondary N) is 1. The molecule has 0 fully saturated rings. The van der Waals surface area contributed by atoms with Crippen LogP contribution >= 0.6 is 35.6 Å². The van der Waals surface area contributed by atoms with Crippen molar-refractivity contribution in [3.63, 3.8) is 0 Å². The molecule has 0 aliphatic carbocycles. The number of halogens is 2. The van der Waals surface area contributed by atoms with Crippen molar-refractivity contribution in [2.24, 2.45) is 10.7 Å². The molecule has 3 N–H and O–H groups in total. The molecule has 1 unspecified atom stereocenters. The van der Waals surface area contributed by atoms with E-state index in [-0.39, 0.29) is 30.0 Å². The highest BCUT2D eigenvalue weighted by Crippen LogP contribution is 2.31. The van der Waals surface area contributed by atoms with Gasteiger partial charge in [-0.05, 0) is 30.2 Å². The van der Waals surface area contributed by atoms with Crippen molar-refractivity contribution in [2.45, 2.75) is 18.9 Å². The van der Waals surface area contributed by atoms with Crippen molar-refractivity contribution in [3.8, 4) is 11.5 Å². The summed E-state index contributed by atoms with van der Waals surface area (Å²) in [6.45, 7) is 1.24. The first-order chi connectivity index (χ1) is 12.2. The second-order valence-corrected chi connectivity index (χ2v) is 6.25. The Morgan fingerprint density at radius 1 is 1.35 bits per heavy atom. The van der Waals surface area contributed by atoms with Crippen LogP contribution in [0, 0.1) is 0 Å². The predicted octanol–water partition coefficient (Wildman–Crippen LogP) is 3.94. The van der Waals surface area contributed by atoms with Crippen molar-refractivity contribution >= 4 is 41.5 Å². The molecule has 0 aromatic heterocycles. The highest BCUT2D eigenvalue weighted by atomic mass is 127. The number of hydrogen-bond acceptors (Lipinski definition) is 3. The lowest BCUT2D eigenvalue weighted by Gasteiger charge is -2.26. The maximum Gasteiger partial charge on any atom is 0.189 e. The van der Waals surface area contributed by atoms with Gasteiger partial charge in [-0.3, -0.25) is 4.99 Å². The fourth-order valence-electron chi connectivity index (χ4n) is 2.87. The lowest BCUT2D eigenvalue weighted by Crippen LogP contribution is -2.37. The smallest absolute Gasteiger partial charge is 0.189 e. The number of para-hydroxylation sites is 1. The summed E-state index contributed by atoms with van der Waals surface area (Å²) >= 11 is 6.25. The molecule has 1 heterocycles. The molecule has 140 valence electrons. The van der Waals surface area contributed by atoms with E-state index in [2.05, 4.69) is 16.4 Å². The Bertz CT molecular complexity index is 770. The third-order valence-electron chi connectivity index (χ3n) is 4.20. The minimum atomic E-state index is 0. The molecule has 0 saturated heterocycles. The highest BCUT2D eigenvalue weighted by molar-refractivity contribution is 14.0. The average Bonchev–Trinajstić information content (AvgIpc) is 2.63. The van der Waals surface area contributed by atoms with Gasteiger partial charge in [-0.2, -0.15) is 0 Å². The van der Waals surface area contributed by atoms with Crippen LogP contribution in [-0.4, -0.2) is 26.2 Å². The quantitative estimate of drug-likeness (QED) is 0.381. The molecule has 2 aromatic carbocycles. The van der Waals surface area contributed by atoms with Crippen LogP contribution in [0.25, 0.3) is 0 Å². The van der Waals surface area contributed by atoms with Gasteiger partial charge in [0.1, 0.15) is 11.5 Å². The fraction of sp³-hybridized carbons (Fsp3) is 0.316. The van der Waals surface area contributed by atoms with Crippen LogP contribution in [0.4, 0.5) is 0 Å². The molecule has 0 bridgehead atoms. The zero-order valence-corrected chi connectivity index (χ0v) is 17.7. The molecule has 0 spiro atoms. The number of fused-ring (bicyclic) bond motifs is 1. The van der Waals surface area contributed by atoms with Crippen LogP contribution in [0.3, 0.4) is 0 Å². The topological polar surface area (TPSA) is 68.9 Å². The fourth-order valence-corrected chi connectivity index (χ4v) is 3.14. The highest BCUT2D eigenvalue weighted by Gasteiger charge is 2.21. The van der Waals surface area contributed by atoms with Gasteiger partial charge in [0, 0.05) is 23.6 Å². The number of rotatable bonds is 5. The van der Waals surface area contributed by atoms with Crippen molar-refractivity contribution in [1.29, 1.82) is 0 Å². The van der Waals surface area contributed by atoms with Crippen molar-refractivity contribution in [2.75, 3.05) is 20.3 Å². The van der Waals surface area contributed by atoms with E-state index in [9.17, 15) is 0 Å². The van der Waals surface area contributed by atoms with E-state index in [1.807, 2.05) is 30.3 Å². The maximum absolute atomic E-state index is 6.25. The first kappa shape index (κ1) is 20.6. The van der Waals surface area contributed by atoms with Gasteiger partial charge >= 0.3 is 0 Å². The van der Waals surface area contributed by atoms with Gasteiger partial charge in [-0.1, -0.05) is 35.9 Å². The first-order valence-electron chi connectivity index (χ1n) is 8.28. The Morgan fingerprint density at radius 3 is 2.92 bits per heavy atom. The molecule has 1 aliphatic rings. The molecular formula is C19H23ClIN3O2. The van der Waals surface area contributed by atoms with Crippen LogP contribution < -0.4 is 20.5 Å². The van der Waals surface area contributed by atoms with E-state index < -0.39 is 0 Å². The monoisotopic (exact) mass is 487 g/mol. The van der Waals surface area contributed by atoms with Crippen molar-refractivity contribution in [1.82, 2.24) is 5.32 Å². The molecule has 0 amide bonds. The number of nitrogens with two attached hydrogens (primary N) is 1. The normalized spacial score (nSPS) is 16.1. The molecule has 5 nitrogen and oxygen atoms in total. The third kappa shape index (κ3) is 5.17. The van der Waals surface area contributed by atoms with E-state index in [4.69, 9.17) is 26.8 Å². The zero-order valence-electron chi connectivity index (χ0n) is 14.6. The van der Waals surface area contributed by atoms with E-state index in [0.717, 1.165) is 35.5 Å². The van der Waals surface area contributed by atoms with Crippen LogP contribution in [0.2, 0.25) is 5.02 Å². The molecule has 0 saturated carbocycles. The number of guanidine groups is 1. The SMILES string of the molecule is COc1ccc(CCN=C(N)NC2CCOc3ccccc32)c(Cl)c1.I. The van der Waals surface area contributed by atoms with Crippen LogP contribution in [0.1, 0.15) is 23.6 Å². The van der Waals surface area contributed by atoms with Gasteiger partial charge in [0.25, 0.3) is 0 Å². The Hall–Kier alpha value is -1.67. The molecule has 2 aromatic rings. The summed E-state index contributed by atoms with van der Waals surface area (Å²) in [5, 5.41) is 3.97. The molecule has 7 heteroatoms. The molecule has 1 aliphatic heterocycles. The summed E-state index contributed by atoms with van der Waals surface area (Å²) in [5.74, 6) is 2.09. The van der Waals surface area contributed by atoms with Gasteiger partial charge in [0.15, 0.2) is 5.96 Å². The van der Waals surface area contributed by atoms with Gasteiger partial charge < -0.3 is 20.5 Å². The molecular weight excluding hydrogens is 465 g/mol. The van der Waals surface area contributed by atoms with Crippen LogP contribution in [0.5, 0.6) is 11.5 Å². The molecule has 1 atom stereocenters. The number of aliphatic imine (C=N–C) groups is 1. The summed E-state index contributed by atoms with van der Waals surface area (Å²) in [7, 11) is 1.62. The van der Waals surface area contributed by atoms with E-state index in [0.29, 0.717) is 24.1 Å². The number of nitrogens with zero attached hydrogens (tertiary/aromatic N) is 1. The standard InChI is InChI=1S/C19H22ClN3O2.HI/c1-24-14-7-6-13(16(20)12-14)8-10-22-19(21)23-17-9-11-25-18-5-3-2-4-15(17)18;/h2-7,12,17H,8-11H2,1H3,(H3,21,22,23);1H. The predicted molar refractivity (Wildman–Crippen MR) is 116 cm³/mol. The van der Waals surface area contributed by atoms with E-state index in [1.54, 1.807) is 13.2 Å². The summed E-state index contributed by atoms with van der Waals surface area (Å²) in [6.07, 6.45) is 1.58. The summed E-state index contributed by atoms with van der Waals surface area (Å²) < 4.78 is 10.8. The number of methoxy groups -OCH3 is 1. The number of ether oxygens (including phenoxy) is 2. The number of hydrogen-bond donors (Lipinski definition) is 2. The largest absolute Gasteiger partial charge is 0.497 e. The van der Waals surface area contributed by atoms with Gasteiger partial charge in [-0.25, -0.2) is 0 Å². The summed E-state index contributed by atoms with van der Waals surface area (Å²) in [5.41, 5.74) is 8.19. The van der Waals surface area contributed by atoms with Crippen LogP contribution in [-0.2, 0) is 6.42 Å². The van der Waals surface area contributed by atoms with Gasteiger partial charge in [0.05, 0.1) is 19.8 Å². The Morgan fingerprint density at radius 2 is 2.15 bits per heavy atom. The number of benzene rings is 2. The zero-order chi connectivity index (χ0) is 17.6. The second-order valence-electron chi connectivity index (χ2n) is 5.85. The molecule has 3 rings (SSSR count).